The Balaban J connectivity index is 2.36. The number of anilines is 1. The first kappa shape index (κ1) is 13.4. The van der Waals surface area contributed by atoms with Crippen LogP contribution in [-0.4, -0.2) is 4.98 Å². The molecule has 0 saturated carbocycles. The molecule has 3 heteroatoms. The molecule has 0 saturated heterocycles. The van der Waals surface area contributed by atoms with E-state index in [-0.39, 0.29) is 0 Å². The summed E-state index contributed by atoms with van der Waals surface area (Å²) in [5.41, 5.74) is 8.77. The second-order valence-electron chi connectivity index (χ2n) is 4.80. The first-order valence-corrected chi connectivity index (χ1v) is 6.61. The zero-order valence-electron chi connectivity index (χ0n) is 11.7. The van der Waals surface area contributed by atoms with E-state index in [4.69, 9.17) is 10.5 Å². The predicted octanol–water partition coefficient (Wildman–Crippen LogP) is 4.28. The number of aromatic nitrogens is 1. The summed E-state index contributed by atoms with van der Waals surface area (Å²) in [6, 6.07) is 9.93. The maximum absolute atomic E-state index is 6.00. The van der Waals surface area contributed by atoms with Gasteiger partial charge in [0.1, 0.15) is 5.75 Å². The van der Waals surface area contributed by atoms with Crippen molar-refractivity contribution in [2.45, 2.75) is 33.1 Å². The Hall–Kier alpha value is -2.03. The van der Waals surface area contributed by atoms with Crippen molar-refractivity contribution < 1.29 is 4.74 Å². The summed E-state index contributed by atoms with van der Waals surface area (Å²) in [6.45, 7) is 6.31. The molecule has 0 amide bonds. The van der Waals surface area contributed by atoms with Gasteiger partial charge in [-0.1, -0.05) is 32.0 Å². The van der Waals surface area contributed by atoms with Gasteiger partial charge in [-0.15, -0.1) is 0 Å². The fourth-order valence-electron chi connectivity index (χ4n) is 1.93. The van der Waals surface area contributed by atoms with E-state index in [9.17, 15) is 0 Å². The van der Waals surface area contributed by atoms with Crippen LogP contribution in [0.4, 0.5) is 5.69 Å². The lowest BCUT2D eigenvalue weighted by molar-refractivity contribution is 0.454. The highest BCUT2D eigenvalue weighted by Crippen LogP contribution is 2.33. The topological polar surface area (TPSA) is 48.1 Å². The Labute approximate surface area is 114 Å². The lowest BCUT2D eigenvalue weighted by Gasteiger charge is -2.16. The summed E-state index contributed by atoms with van der Waals surface area (Å²) >= 11 is 0. The minimum Gasteiger partial charge on any atom is -0.437 e. The Morgan fingerprint density at radius 2 is 2.00 bits per heavy atom. The van der Waals surface area contributed by atoms with Crippen LogP contribution >= 0.6 is 0 Å². The second kappa shape index (κ2) is 5.74. The number of benzene rings is 1. The third-order valence-electron chi connectivity index (χ3n) is 3.44. The zero-order chi connectivity index (χ0) is 13.8. The van der Waals surface area contributed by atoms with E-state index < -0.39 is 0 Å². The first-order chi connectivity index (χ1) is 9.13. The summed E-state index contributed by atoms with van der Waals surface area (Å²) in [7, 11) is 0. The van der Waals surface area contributed by atoms with Gasteiger partial charge in [0, 0.05) is 6.20 Å². The number of rotatable bonds is 4. The summed E-state index contributed by atoms with van der Waals surface area (Å²) < 4.78 is 5.91. The maximum atomic E-state index is 6.00. The number of hydrogen-bond donors (Lipinski definition) is 1. The molecule has 1 heterocycles. The van der Waals surface area contributed by atoms with Crippen LogP contribution in [0.25, 0.3) is 0 Å². The molecular weight excluding hydrogens is 236 g/mol. The van der Waals surface area contributed by atoms with Crippen LogP contribution in [-0.2, 0) is 0 Å². The van der Waals surface area contributed by atoms with Crippen LogP contribution < -0.4 is 10.5 Å². The highest BCUT2D eigenvalue weighted by Gasteiger charge is 2.12. The third kappa shape index (κ3) is 2.87. The van der Waals surface area contributed by atoms with E-state index in [1.54, 1.807) is 6.20 Å². The molecule has 1 atom stereocenters. The van der Waals surface area contributed by atoms with Crippen molar-refractivity contribution in [1.82, 2.24) is 4.98 Å². The lowest BCUT2D eigenvalue weighted by atomic mass is 9.98. The molecule has 2 N–H and O–H groups in total. The third-order valence-corrected chi connectivity index (χ3v) is 3.44. The summed E-state index contributed by atoms with van der Waals surface area (Å²) in [5, 5.41) is 0. The number of aryl methyl sites for hydroxylation is 1. The van der Waals surface area contributed by atoms with E-state index in [1.807, 2.05) is 31.2 Å². The number of nitrogens with zero attached hydrogens (tertiary/aromatic N) is 1. The first-order valence-electron chi connectivity index (χ1n) is 6.61. The summed E-state index contributed by atoms with van der Waals surface area (Å²) in [4.78, 5) is 4.21. The molecule has 2 rings (SSSR count). The summed E-state index contributed by atoms with van der Waals surface area (Å²) in [6.07, 6.45) is 2.78. The quantitative estimate of drug-likeness (QED) is 0.888. The fraction of sp³-hybridized carbons (Fsp3) is 0.312. The van der Waals surface area contributed by atoms with Gasteiger partial charge < -0.3 is 10.5 Å². The van der Waals surface area contributed by atoms with Crippen molar-refractivity contribution in [1.29, 1.82) is 0 Å². The van der Waals surface area contributed by atoms with Gasteiger partial charge in [-0.05, 0) is 42.5 Å². The Morgan fingerprint density at radius 3 is 2.74 bits per heavy atom. The van der Waals surface area contributed by atoms with Gasteiger partial charge in [0.25, 0.3) is 0 Å². The van der Waals surface area contributed by atoms with Gasteiger partial charge in [0.15, 0.2) is 0 Å². The Bertz CT molecular complexity index is 566. The number of pyridine rings is 1. The standard InChI is InChI=1S/C16H20N2O/c1-4-11(2)13-7-5-6-8-14(13)19-16-15(17)12(3)9-10-18-16/h5-11H,4,17H2,1-3H3. The van der Waals surface area contributed by atoms with Gasteiger partial charge in [0.05, 0.1) is 5.69 Å². The monoisotopic (exact) mass is 256 g/mol. The summed E-state index contributed by atoms with van der Waals surface area (Å²) in [5.74, 6) is 1.76. The fourth-order valence-corrected chi connectivity index (χ4v) is 1.93. The normalized spacial score (nSPS) is 12.2. The molecule has 0 fully saturated rings. The molecule has 0 aliphatic heterocycles. The van der Waals surface area contributed by atoms with Gasteiger partial charge in [-0.3, -0.25) is 0 Å². The smallest absolute Gasteiger partial charge is 0.242 e. The van der Waals surface area contributed by atoms with Crippen molar-refractivity contribution in [2.75, 3.05) is 5.73 Å². The molecule has 0 spiro atoms. The van der Waals surface area contributed by atoms with Crippen molar-refractivity contribution in [3.05, 3.63) is 47.7 Å². The minimum atomic E-state index is 0.447. The van der Waals surface area contributed by atoms with E-state index in [2.05, 4.69) is 24.9 Å². The van der Waals surface area contributed by atoms with Crippen LogP contribution in [0.5, 0.6) is 11.6 Å². The van der Waals surface area contributed by atoms with Crippen molar-refractivity contribution in [2.24, 2.45) is 0 Å². The van der Waals surface area contributed by atoms with Crippen molar-refractivity contribution >= 4 is 5.69 Å². The number of para-hydroxylation sites is 1. The highest BCUT2D eigenvalue weighted by molar-refractivity contribution is 5.55. The van der Waals surface area contributed by atoms with Crippen LogP contribution in [0.15, 0.2) is 36.5 Å². The molecule has 0 aliphatic carbocycles. The SMILES string of the molecule is CCC(C)c1ccccc1Oc1nccc(C)c1N. The van der Waals surface area contributed by atoms with E-state index in [0.717, 1.165) is 17.7 Å². The molecular formula is C16H20N2O. The second-order valence-corrected chi connectivity index (χ2v) is 4.80. The van der Waals surface area contributed by atoms with Crippen LogP contribution in [0.2, 0.25) is 0 Å². The molecule has 1 aromatic carbocycles. The molecule has 1 aromatic heterocycles. The predicted molar refractivity (Wildman–Crippen MR) is 78.6 cm³/mol. The van der Waals surface area contributed by atoms with Gasteiger partial charge >= 0.3 is 0 Å². The molecule has 0 bridgehead atoms. The van der Waals surface area contributed by atoms with Crippen LogP contribution in [0.3, 0.4) is 0 Å². The molecule has 1 unspecified atom stereocenters. The van der Waals surface area contributed by atoms with Crippen molar-refractivity contribution in [3.8, 4) is 11.6 Å². The number of nitrogens with two attached hydrogens (primary N) is 1. The van der Waals surface area contributed by atoms with E-state index >= 15 is 0 Å². The molecule has 0 aliphatic rings. The number of hydrogen-bond acceptors (Lipinski definition) is 3. The largest absolute Gasteiger partial charge is 0.437 e. The molecule has 3 nitrogen and oxygen atoms in total. The average Bonchev–Trinajstić information content (AvgIpc) is 2.43. The van der Waals surface area contributed by atoms with Crippen LogP contribution in [0.1, 0.15) is 37.3 Å². The van der Waals surface area contributed by atoms with Crippen molar-refractivity contribution in [3.63, 3.8) is 0 Å². The molecule has 100 valence electrons. The molecule has 0 radical (unpaired) electrons. The average molecular weight is 256 g/mol. The van der Waals surface area contributed by atoms with E-state index in [1.165, 1.54) is 5.56 Å². The Morgan fingerprint density at radius 1 is 1.26 bits per heavy atom. The van der Waals surface area contributed by atoms with E-state index in [0.29, 0.717) is 17.5 Å². The number of nitrogen functional groups attached to an aromatic ring is 1. The Kier molecular flexibility index (Phi) is 4.05. The maximum Gasteiger partial charge on any atom is 0.242 e. The lowest BCUT2D eigenvalue weighted by Crippen LogP contribution is -2.00. The zero-order valence-corrected chi connectivity index (χ0v) is 11.7. The van der Waals surface area contributed by atoms with Gasteiger partial charge in [-0.2, -0.15) is 0 Å². The minimum absolute atomic E-state index is 0.447. The van der Waals surface area contributed by atoms with Gasteiger partial charge in [0.2, 0.25) is 5.88 Å². The molecule has 2 aromatic rings. The highest BCUT2D eigenvalue weighted by atomic mass is 16.5. The van der Waals surface area contributed by atoms with Gasteiger partial charge in [-0.25, -0.2) is 4.98 Å². The van der Waals surface area contributed by atoms with Crippen LogP contribution in [0, 0.1) is 6.92 Å². The number of ether oxygens (including phenoxy) is 1. The molecule has 19 heavy (non-hydrogen) atoms.